The van der Waals surface area contributed by atoms with Crippen LogP contribution in [0.15, 0.2) is 18.2 Å². The van der Waals surface area contributed by atoms with Crippen LogP contribution in [0.25, 0.3) is 0 Å². The normalized spacial score (nSPS) is 15.5. The van der Waals surface area contributed by atoms with E-state index < -0.39 is 0 Å². The van der Waals surface area contributed by atoms with Crippen LogP contribution in [0.3, 0.4) is 0 Å². The zero-order valence-corrected chi connectivity index (χ0v) is 9.75. The van der Waals surface area contributed by atoms with Gasteiger partial charge in [-0.2, -0.15) is 0 Å². The number of rotatable bonds is 4. The fraction of sp³-hybridized carbons (Fsp3) is 0.500. The van der Waals surface area contributed by atoms with E-state index in [9.17, 15) is 0 Å². The Kier molecular flexibility index (Phi) is 3.06. The Morgan fingerprint density at radius 2 is 2.00 bits per heavy atom. The lowest BCUT2D eigenvalue weighted by Gasteiger charge is -2.14. The van der Waals surface area contributed by atoms with Crippen LogP contribution in [0.2, 0.25) is 5.02 Å². The van der Waals surface area contributed by atoms with Crippen LogP contribution < -0.4 is 9.47 Å². The van der Waals surface area contributed by atoms with Gasteiger partial charge >= 0.3 is 0 Å². The molecule has 1 aromatic rings. The van der Waals surface area contributed by atoms with Crippen LogP contribution in [0.4, 0.5) is 0 Å². The van der Waals surface area contributed by atoms with Crippen LogP contribution in [0, 0.1) is 0 Å². The van der Waals surface area contributed by atoms with E-state index in [4.69, 9.17) is 21.1 Å². The predicted octanol–water partition coefficient (Wildman–Crippen LogP) is 3.67. The van der Waals surface area contributed by atoms with E-state index in [0.717, 1.165) is 24.3 Å². The lowest BCUT2D eigenvalue weighted by atomic mass is 10.3. The predicted molar refractivity (Wildman–Crippen MR) is 60.9 cm³/mol. The SMILES string of the molecule is CC(C)Oc1cc(Cl)ccc1OC1CC1. The summed E-state index contributed by atoms with van der Waals surface area (Å²) >= 11 is 5.92. The summed E-state index contributed by atoms with van der Waals surface area (Å²) in [6.45, 7) is 3.98. The van der Waals surface area contributed by atoms with Gasteiger partial charge in [-0.05, 0) is 38.8 Å². The zero-order valence-electron chi connectivity index (χ0n) is 9.00. The molecule has 0 atom stereocenters. The number of benzene rings is 1. The lowest BCUT2D eigenvalue weighted by Crippen LogP contribution is -2.07. The van der Waals surface area contributed by atoms with Gasteiger partial charge in [0, 0.05) is 11.1 Å². The van der Waals surface area contributed by atoms with E-state index in [-0.39, 0.29) is 6.10 Å². The second-order valence-electron chi connectivity index (χ2n) is 4.07. The Morgan fingerprint density at radius 1 is 1.27 bits per heavy atom. The van der Waals surface area contributed by atoms with E-state index in [2.05, 4.69) is 0 Å². The molecule has 0 bridgehead atoms. The molecule has 2 nitrogen and oxygen atoms in total. The van der Waals surface area contributed by atoms with Crippen LogP contribution in [0.1, 0.15) is 26.7 Å². The van der Waals surface area contributed by atoms with Crippen molar-refractivity contribution in [1.82, 2.24) is 0 Å². The monoisotopic (exact) mass is 226 g/mol. The summed E-state index contributed by atoms with van der Waals surface area (Å²) in [4.78, 5) is 0. The first kappa shape index (κ1) is 10.6. The van der Waals surface area contributed by atoms with E-state index >= 15 is 0 Å². The summed E-state index contributed by atoms with van der Waals surface area (Å²) in [7, 11) is 0. The van der Waals surface area contributed by atoms with Crippen molar-refractivity contribution in [2.24, 2.45) is 0 Å². The van der Waals surface area contributed by atoms with Gasteiger partial charge in [-0.15, -0.1) is 0 Å². The maximum absolute atomic E-state index is 5.92. The molecule has 3 heteroatoms. The third kappa shape index (κ3) is 3.03. The standard InChI is InChI=1S/C12H15ClO2/c1-8(2)14-12-7-9(13)3-6-11(12)15-10-4-5-10/h3,6-8,10H,4-5H2,1-2H3. The highest BCUT2D eigenvalue weighted by atomic mass is 35.5. The van der Waals surface area contributed by atoms with Crippen molar-refractivity contribution in [1.29, 1.82) is 0 Å². The maximum atomic E-state index is 5.92. The molecular weight excluding hydrogens is 212 g/mol. The fourth-order valence-corrected chi connectivity index (χ4v) is 1.45. The minimum atomic E-state index is 0.130. The van der Waals surface area contributed by atoms with Gasteiger partial charge in [0.25, 0.3) is 0 Å². The topological polar surface area (TPSA) is 18.5 Å². The van der Waals surface area contributed by atoms with Crippen LogP contribution in [0.5, 0.6) is 11.5 Å². The lowest BCUT2D eigenvalue weighted by molar-refractivity contribution is 0.217. The van der Waals surface area contributed by atoms with Crippen molar-refractivity contribution < 1.29 is 9.47 Å². The van der Waals surface area contributed by atoms with Crippen LogP contribution in [-0.4, -0.2) is 12.2 Å². The summed E-state index contributed by atoms with van der Waals surface area (Å²) in [5.41, 5.74) is 0. The Balaban J connectivity index is 2.17. The van der Waals surface area contributed by atoms with E-state index in [1.54, 1.807) is 6.07 Å². The molecule has 0 amide bonds. The van der Waals surface area contributed by atoms with Crippen LogP contribution >= 0.6 is 11.6 Å². The van der Waals surface area contributed by atoms with Crippen molar-refractivity contribution in [2.75, 3.05) is 0 Å². The molecule has 0 heterocycles. The van der Waals surface area contributed by atoms with Crippen molar-refractivity contribution >= 4 is 11.6 Å². The first-order valence-corrected chi connectivity index (χ1v) is 5.66. The average molecular weight is 227 g/mol. The second kappa shape index (κ2) is 4.31. The molecule has 1 aliphatic rings. The smallest absolute Gasteiger partial charge is 0.163 e. The quantitative estimate of drug-likeness (QED) is 0.780. The minimum absolute atomic E-state index is 0.130. The molecule has 0 N–H and O–H groups in total. The molecule has 0 unspecified atom stereocenters. The first-order valence-electron chi connectivity index (χ1n) is 5.28. The summed E-state index contributed by atoms with van der Waals surface area (Å²) in [5.74, 6) is 1.54. The highest BCUT2D eigenvalue weighted by molar-refractivity contribution is 6.30. The van der Waals surface area contributed by atoms with E-state index in [1.165, 1.54) is 0 Å². The third-order valence-electron chi connectivity index (χ3n) is 2.09. The average Bonchev–Trinajstić information content (AvgIpc) is 2.92. The van der Waals surface area contributed by atoms with Gasteiger partial charge in [0.1, 0.15) is 0 Å². The number of halogens is 1. The van der Waals surface area contributed by atoms with Gasteiger partial charge in [-0.25, -0.2) is 0 Å². The van der Waals surface area contributed by atoms with Crippen molar-refractivity contribution in [3.05, 3.63) is 23.2 Å². The molecule has 15 heavy (non-hydrogen) atoms. The molecule has 82 valence electrons. The molecule has 0 aliphatic heterocycles. The van der Waals surface area contributed by atoms with Gasteiger partial charge in [-0.1, -0.05) is 11.6 Å². The third-order valence-corrected chi connectivity index (χ3v) is 2.32. The zero-order chi connectivity index (χ0) is 10.8. The van der Waals surface area contributed by atoms with Gasteiger partial charge in [-0.3, -0.25) is 0 Å². The van der Waals surface area contributed by atoms with Gasteiger partial charge < -0.3 is 9.47 Å². The summed E-state index contributed by atoms with van der Waals surface area (Å²) < 4.78 is 11.4. The molecule has 0 aromatic heterocycles. The number of hydrogen-bond donors (Lipinski definition) is 0. The summed E-state index contributed by atoms with van der Waals surface area (Å²) in [6, 6.07) is 5.50. The maximum Gasteiger partial charge on any atom is 0.163 e. The van der Waals surface area contributed by atoms with Crippen molar-refractivity contribution in [3.8, 4) is 11.5 Å². The molecule has 0 radical (unpaired) electrons. The first-order chi connectivity index (χ1) is 7.15. The van der Waals surface area contributed by atoms with Crippen LogP contribution in [-0.2, 0) is 0 Å². The minimum Gasteiger partial charge on any atom is -0.487 e. The largest absolute Gasteiger partial charge is 0.487 e. The highest BCUT2D eigenvalue weighted by Crippen LogP contribution is 2.35. The molecular formula is C12H15ClO2. The Hall–Kier alpha value is -0.890. The van der Waals surface area contributed by atoms with Gasteiger partial charge in [0.2, 0.25) is 0 Å². The summed E-state index contributed by atoms with van der Waals surface area (Å²) in [5, 5.41) is 0.675. The molecule has 0 spiro atoms. The molecule has 1 fully saturated rings. The van der Waals surface area contributed by atoms with Crippen molar-refractivity contribution in [3.63, 3.8) is 0 Å². The Labute approximate surface area is 95.1 Å². The Bertz CT molecular complexity index is 345. The second-order valence-corrected chi connectivity index (χ2v) is 4.51. The van der Waals surface area contributed by atoms with E-state index in [1.807, 2.05) is 26.0 Å². The molecule has 0 saturated heterocycles. The van der Waals surface area contributed by atoms with E-state index in [0.29, 0.717) is 11.1 Å². The highest BCUT2D eigenvalue weighted by Gasteiger charge is 2.25. The molecule has 1 aliphatic carbocycles. The fourth-order valence-electron chi connectivity index (χ4n) is 1.29. The van der Waals surface area contributed by atoms with Gasteiger partial charge in [0.05, 0.1) is 12.2 Å². The molecule has 2 rings (SSSR count). The Morgan fingerprint density at radius 3 is 2.60 bits per heavy atom. The summed E-state index contributed by atoms with van der Waals surface area (Å²) in [6.07, 6.45) is 2.79. The molecule has 1 saturated carbocycles. The number of hydrogen-bond acceptors (Lipinski definition) is 2. The van der Waals surface area contributed by atoms with Gasteiger partial charge in [0.15, 0.2) is 11.5 Å². The van der Waals surface area contributed by atoms with Crippen molar-refractivity contribution in [2.45, 2.75) is 38.9 Å². The number of ether oxygens (including phenoxy) is 2. The molecule has 1 aromatic carbocycles.